The first kappa shape index (κ1) is 19.0. The molecule has 8 nitrogen and oxygen atoms in total. The van der Waals surface area contributed by atoms with Gasteiger partial charge < -0.3 is 10.0 Å². The number of nitrogens with one attached hydrogen (secondary N) is 1. The highest BCUT2D eigenvalue weighted by Crippen LogP contribution is 2.41. The zero-order valence-corrected chi connectivity index (χ0v) is 16.8. The second-order valence-corrected chi connectivity index (χ2v) is 8.45. The number of aliphatic hydroxyl groups excluding tert-OH is 1. The Hall–Kier alpha value is -3.00. The quantitative estimate of drug-likeness (QED) is 0.671. The maximum absolute atomic E-state index is 12.9. The number of nitrogens with zero attached hydrogens (tertiary/aromatic N) is 5. The van der Waals surface area contributed by atoms with Crippen molar-refractivity contribution in [3.8, 4) is 0 Å². The largest absolute Gasteiger partial charge is 0.391 e. The van der Waals surface area contributed by atoms with Gasteiger partial charge in [-0.25, -0.2) is 4.98 Å². The summed E-state index contributed by atoms with van der Waals surface area (Å²) in [5.74, 6) is 2.10. The molecule has 2 aliphatic rings. The van der Waals surface area contributed by atoms with Crippen molar-refractivity contribution in [2.24, 2.45) is 11.8 Å². The molecule has 1 aliphatic carbocycles. The first-order chi connectivity index (χ1) is 14.7. The van der Waals surface area contributed by atoms with E-state index in [1.165, 1.54) is 0 Å². The predicted molar refractivity (Wildman–Crippen MR) is 109 cm³/mol. The van der Waals surface area contributed by atoms with Crippen molar-refractivity contribution >= 4 is 5.91 Å². The summed E-state index contributed by atoms with van der Waals surface area (Å²) in [4.78, 5) is 19.3. The van der Waals surface area contributed by atoms with Crippen molar-refractivity contribution < 1.29 is 9.90 Å². The van der Waals surface area contributed by atoms with Crippen LogP contribution in [0.5, 0.6) is 0 Å². The molecule has 0 spiro atoms. The molecule has 2 fully saturated rings. The maximum atomic E-state index is 12.9. The molecule has 1 amide bonds. The molecule has 5 rings (SSSR count). The van der Waals surface area contributed by atoms with Gasteiger partial charge in [-0.2, -0.15) is 10.2 Å². The number of aromatic nitrogens is 5. The van der Waals surface area contributed by atoms with E-state index in [2.05, 4.69) is 20.3 Å². The second kappa shape index (κ2) is 8.02. The number of aromatic amines is 1. The Bertz CT molecular complexity index is 986. The van der Waals surface area contributed by atoms with Gasteiger partial charge in [-0.05, 0) is 36.3 Å². The Labute approximate surface area is 174 Å². The summed E-state index contributed by atoms with van der Waals surface area (Å²) < 4.78 is 1.85. The van der Waals surface area contributed by atoms with Crippen LogP contribution in [0.25, 0.3) is 0 Å². The molecule has 0 radical (unpaired) electrons. The van der Waals surface area contributed by atoms with Crippen LogP contribution in [0.4, 0.5) is 0 Å². The van der Waals surface area contributed by atoms with Crippen LogP contribution in [0.3, 0.4) is 0 Å². The van der Waals surface area contributed by atoms with E-state index in [9.17, 15) is 9.90 Å². The lowest BCUT2D eigenvalue weighted by molar-refractivity contribution is -0.129. The Morgan fingerprint density at radius 2 is 1.93 bits per heavy atom. The van der Waals surface area contributed by atoms with Crippen molar-refractivity contribution in [1.29, 1.82) is 0 Å². The van der Waals surface area contributed by atoms with Gasteiger partial charge in [-0.1, -0.05) is 30.3 Å². The molecule has 156 valence electrons. The van der Waals surface area contributed by atoms with Crippen molar-refractivity contribution in [1.82, 2.24) is 29.9 Å². The summed E-state index contributed by atoms with van der Waals surface area (Å²) >= 11 is 0. The molecule has 0 bridgehead atoms. The molecule has 2 aromatic heterocycles. The summed E-state index contributed by atoms with van der Waals surface area (Å²) in [5.41, 5.74) is 1.15. The first-order valence-corrected chi connectivity index (χ1v) is 10.5. The molecule has 2 N–H and O–H groups in total. The number of rotatable bonds is 5. The van der Waals surface area contributed by atoms with E-state index < -0.39 is 6.10 Å². The number of H-pyrrole nitrogens is 1. The van der Waals surface area contributed by atoms with Crippen molar-refractivity contribution in [2.45, 2.75) is 37.8 Å². The van der Waals surface area contributed by atoms with E-state index in [0.717, 1.165) is 24.4 Å². The first-order valence-electron chi connectivity index (χ1n) is 10.5. The van der Waals surface area contributed by atoms with Crippen LogP contribution in [0.2, 0.25) is 0 Å². The molecule has 8 heteroatoms. The summed E-state index contributed by atoms with van der Waals surface area (Å²) in [6.45, 7) is 1.43. The molecule has 30 heavy (non-hydrogen) atoms. The number of hydrogen-bond donors (Lipinski definition) is 2. The standard InChI is InChI=1S/C22H26N6O2/c29-19-11-17-14-27(13-16(17)10-18(19)28-8-4-7-23-28)22(30)12-21-24-20(25-26-21)9-15-5-2-1-3-6-15/h1-8,16-19,29H,9-14H2,(H,24,25,26)/t16-,17+,18-,19-/m1/s1. The van der Waals surface area contributed by atoms with E-state index in [4.69, 9.17) is 0 Å². The number of benzene rings is 1. The van der Waals surface area contributed by atoms with Crippen molar-refractivity contribution in [2.75, 3.05) is 13.1 Å². The Morgan fingerprint density at radius 3 is 2.70 bits per heavy atom. The van der Waals surface area contributed by atoms with Crippen LogP contribution in [0.1, 0.15) is 36.1 Å². The number of carbonyl (C=O) groups excluding carboxylic acids is 1. The van der Waals surface area contributed by atoms with E-state index >= 15 is 0 Å². The fourth-order valence-corrected chi connectivity index (χ4v) is 4.90. The zero-order valence-electron chi connectivity index (χ0n) is 16.8. The number of aliphatic hydroxyl groups is 1. The Balaban J connectivity index is 1.19. The number of amides is 1. The highest BCUT2D eigenvalue weighted by atomic mass is 16.3. The lowest BCUT2D eigenvalue weighted by atomic mass is 9.77. The lowest BCUT2D eigenvalue weighted by Gasteiger charge is -2.35. The summed E-state index contributed by atoms with van der Waals surface area (Å²) in [6, 6.07) is 11.9. The fraction of sp³-hybridized carbons (Fsp3) is 0.455. The van der Waals surface area contributed by atoms with E-state index in [0.29, 0.717) is 37.0 Å². The van der Waals surface area contributed by atoms with Gasteiger partial charge in [0.1, 0.15) is 5.82 Å². The van der Waals surface area contributed by atoms with Crippen LogP contribution in [-0.4, -0.2) is 60.1 Å². The summed E-state index contributed by atoms with van der Waals surface area (Å²) in [6.07, 6.45) is 5.65. The van der Waals surface area contributed by atoms with Gasteiger partial charge in [0.25, 0.3) is 0 Å². The third-order valence-electron chi connectivity index (χ3n) is 6.43. The minimum Gasteiger partial charge on any atom is -0.391 e. The molecular weight excluding hydrogens is 380 g/mol. The maximum Gasteiger partial charge on any atom is 0.230 e. The Morgan fingerprint density at radius 1 is 1.13 bits per heavy atom. The van der Waals surface area contributed by atoms with Crippen LogP contribution < -0.4 is 0 Å². The summed E-state index contributed by atoms with van der Waals surface area (Å²) in [5, 5.41) is 22.1. The van der Waals surface area contributed by atoms with Gasteiger partial charge in [-0.3, -0.25) is 14.6 Å². The SMILES string of the molecule is O=C(Cc1n[nH]c(Cc2ccccc2)n1)N1C[C@H]2C[C@@H](n3cccn3)[C@H](O)C[C@H]2C1. The topological polar surface area (TPSA) is 99.9 Å². The molecule has 3 heterocycles. The van der Waals surface area contributed by atoms with E-state index in [1.807, 2.05) is 52.2 Å². The molecular formula is C22H26N6O2. The zero-order chi connectivity index (χ0) is 20.5. The van der Waals surface area contributed by atoms with Gasteiger partial charge in [0.05, 0.1) is 18.6 Å². The van der Waals surface area contributed by atoms with Crippen LogP contribution in [-0.2, 0) is 17.6 Å². The third kappa shape index (κ3) is 3.87. The molecule has 4 atom stereocenters. The van der Waals surface area contributed by atoms with Crippen LogP contribution in [0, 0.1) is 11.8 Å². The molecule has 1 saturated heterocycles. The molecule has 3 aromatic rings. The average molecular weight is 406 g/mol. The van der Waals surface area contributed by atoms with E-state index in [-0.39, 0.29) is 18.4 Å². The average Bonchev–Trinajstić information content (AvgIpc) is 3.49. The number of fused-ring (bicyclic) bond motifs is 1. The lowest BCUT2D eigenvalue weighted by Crippen LogP contribution is -2.36. The highest BCUT2D eigenvalue weighted by molar-refractivity contribution is 5.78. The van der Waals surface area contributed by atoms with Gasteiger partial charge in [0.15, 0.2) is 5.82 Å². The number of likely N-dealkylation sites (tertiary alicyclic amines) is 1. The van der Waals surface area contributed by atoms with E-state index in [1.54, 1.807) is 6.20 Å². The molecule has 0 unspecified atom stereocenters. The van der Waals surface area contributed by atoms with Gasteiger partial charge >= 0.3 is 0 Å². The van der Waals surface area contributed by atoms with Gasteiger partial charge in [0.2, 0.25) is 5.91 Å². The summed E-state index contributed by atoms with van der Waals surface area (Å²) in [7, 11) is 0. The number of hydrogen-bond acceptors (Lipinski definition) is 5. The highest BCUT2D eigenvalue weighted by Gasteiger charge is 2.43. The van der Waals surface area contributed by atoms with Gasteiger partial charge in [0, 0.05) is 31.9 Å². The van der Waals surface area contributed by atoms with Crippen LogP contribution in [0.15, 0.2) is 48.8 Å². The molecule has 1 aliphatic heterocycles. The molecule has 1 aromatic carbocycles. The smallest absolute Gasteiger partial charge is 0.230 e. The van der Waals surface area contributed by atoms with Gasteiger partial charge in [-0.15, -0.1) is 0 Å². The second-order valence-electron chi connectivity index (χ2n) is 8.45. The fourth-order valence-electron chi connectivity index (χ4n) is 4.90. The molecule has 1 saturated carbocycles. The van der Waals surface area contributed by atoms with Crippen molar-refractivity contribution in [3.63, 3.8) is 0 Å². The monoisotopic (exact) mass is 406 g/mol. The Kier molecular flexibility index (Phi) is 5.08. The van der Waals surface area contributed by atoms with Crippen molar-refractivity contribution in [3.05, 3.63) is 66.0 Å². The third-order valence-corrected chi connectivity index (χ3v) is 6.43. The number of carbonyl (C=O) groups is 1. The predicted octanol–water partition coefficient (Wildman–Crippen LogP) is 1.61. The minimum absolute atomic E-state index is 0.00939. The normalized spacial score (nSPS) is 26.0. The minimum atomic E-state index is -0.422. The van der Waals surface area contributed by atoms with Crippen LogP contribution >= 0.6 is 0 Å².